The van der Waals surface area contributed by atoms with Crippen molar-refractivity contribution < 1.29 is 19.1 Å². The standard InChI is InChI=1S/C21H21N3O4S/c1-3-27-17(25)13-29-20-16(12-23)19(15-8-5-4-6-9-15)18(14(2)24-20)21(26)28-11-7-10-22/h4-6,8-9,19,24H,3,7,11,13H2,1-2H3/t19-/m1/s1. The largest absolute Gasteiger partial charge is 0.465 e. The molecular formula is C21H21N3O4S. The Morgan fingerprint density at radius 2 is 1.93 bits per heavy atom. The van der Waals surface area contributed by atoms with E-state index < -0.39 is 11.9 Å². The van der Waals surface area contributed by atoms with Crippen LogP contribution >= 0.6 is 11.8 Å². The SMILES string of the molecule is CCOC(=O)CSC1=C(C#N)[C@@H](c2ccccc2)C(C(=O)OCCC#N)=C(C)N1. The molecule has 0 saturated carbocycles. The number of allylic oxidation sites excluding steroid dienone is 2. The Kier molecular flexibility index (Phi) is 8.32. The molecule has 0 unspecified atom stereocenters. The van der Waals surface area contributed by atoms with E-state index in [1.807, 2.05) is 36.4 Å². The third-order valence-corrected chi connectivity index (χ3v) is 5.08. The van der Waals surface area contributed by atoms with Gasteiger partial charge in [-0.1, -0.05) is 42.1 Å². The van der Waals surface area contributed by atoms with Crippen LogP contribution < -0.4 is 5.32 Å². The second-order valence-corrected chi connectivity index (χ2v) is 6.99. The van der Waals surface area contributed by atoms with Crippen LogP contribution in [-0.2, 0) is 19.1 Å². The predicted molar refractivity (Wildman–Crippen MR) is 108 cm³/mol. The van der Waals surface area contributed by atoms with Crippen LogP contribution in [0, 0.1) is 22.7 Å². The second kappa shape index (κ2) is 10.9. The summed E-state index contributed by atoms with van der Waals surface area (Å²) in [6, 6.07) is 13.3. The quantitative estimate of drug-likeness (QED) is 0.513. The molecule has 0 amide bonds. The number of hydrogen-bond acceptors (Lipinski definition) is 8. The lowest BCUT2D eigenvalue weighted by Crippen LogP contribution is -2.29. The Morgan fingerprint density at radius 1 is 1.21 bits per heavy atom. The maximum Gasteiger partial charge on any atom is 0.336 e. The molecular weight excluding hydrogens is 390 g/mol. The summed E-state index contributed by atoms with van der Waals surface area (Å²) in [7, 11) is 0. The van der Waals surface area contributed by atoms with E-state index >= 15 is 0 Å². The zero-order valence-corrected chi connectivity index (χ0v) is 17.0. The minimum Gasteiger partial charge on any atom is -0.465 e. The molecule has 29 heavy (non-hydrogen) atoms. The van der Waals surface area contributed by atoms with Crippen molar-refractivity contribution >= 4 is 23.7 Å². The number of carbonyl (C=O) groups is 2. The number of ether oxygens (including phenoxy) is 2. The van der Waals surface area contributed by atoms with Crippen molar-refractivity contribution in [3.63, 3.8) is 0 Å². The van der Waals surface area contributed by atoms with Crippen LogP contribution in [0.15, 0.2) is 52.2 Å². The lowest BCUT2D eigenvalue weighted by molar-refractivity contribution is -0.140. The van der Waals surface area contributed by atoms with Crippen LogP contribution in [0.4, 0.5) is 0 Å². The molecule has 1 aliphatic rings. The zero-order chi connectivity index (χ0) is 21.2. The lowest BCUT2D eigenvalue weighted by Gasteiger charge is -2.29. The minimum atomic E-state index is -0.637. The maximum absolute atomic E-state index is 12.7. The molecule has 1 aliphatic heterocycles. The monoisotopic (exact) mass is 411 g/mol. The van der Waals surface area contributed by atoms with Gasteiger partial charge in [-0.15, -0.1) is 0 Å². The number of esters is 2. The molecule has 0 fully saturated rings. The summed E-state index contributed by atoms with van der Waals surface area (Å²) < 4.78 is 10.2. The first-order valence-corrected chi connectivity index (χ1v) is 10.0. The van der Waals surface area contributed by atoms with Crippen molar-refractivity contribution in [1.29, 1.82) is 10.5 Å². The van der Waals surface area contributed by atoms with E-state index in [0.29, 0.717) is 21.9 Å². The Morgan fingerprint density at radius 3 is 2.55 bits per heavy atom. The van der Waals surface area contributed by atoms with Gasteiger partial charge in [-0.25, -0.2) is 4.79 Å². The summed E-state index contributed by atoms with van der Waals surface area (Å²) in [6.07, 6.45) is 0.0864. The number of rotatable bonds is 8. The third-order valence-electron chi connectivity index (χ3n) is 4.09. The highest BCUT2D eigenvalue weighted by Crippen LogP contribution is 2.40. The fourth-order valence-electron chi connectivity index (χ4n) is 2.88. The van der Waals surface area contributed by atoms with Gasteiger partial charge in [0.2, 0.25) is 0 Å². The van der Waals surface area contributed by atoms with Crippen LogP contribution in [0.3, 0.4) is 0 Å². The van der Waals surface area contributed by atoms with Crippen molar-refractivity contribution in [3.8, 4) is 12.1 Å². The molecule has 0 aromatic heterocycles. The highest BCUT2D eigenvalue weighted by Gasteiger charge is 2.35. The van der Waals surface area contributed by atoms with Gasteiger partial charge in [0.05, 0.1) is 53.0 Å². The van der Waals surface area contributed by atoms with Crippen molar-refractivity contribution in [3.05, 3.63) is 57.8 Å². The van der Waals surface area contributed by atoms with E-state index in [9.17, 15) is 14.9 Å². The lowest BCUT2D eigenvalue weighted by atomic mass is 9.82. The van der Waals surface area contributed by atoms with Crippen LogP contribution in [-0.4, -0.2) is 30.9 Å². The number of benzene rings is 1. The molecule has 1 atom stereocenters. The summed E-state index contributed by atoms with van der Waals surface area (Å²) in [6.45, 7) is 3.70. The molecule has 8 heteroatoms. The molecule has 150 valence electrons. The van der Waals surface area contributed by atoms with Crippen LogP contribution in [0.2, 0.25) is 0 Å². The molecule has 0 saturated heterocycles. The van der Waals surface area contributed by atoms with Crippen LogP contribution in [0.5, 0.6) is 0 Å². The summed E-state index contributed by atoms with van der Waals surface area (Å²) in [5, 5.41) is 22.1. The Hall–Kier alpha value is -3.23. The molecule has 0 bridgehead atoms. The van der Waals surface area contributed by atoms with Gasteiger partial charge in [0, 0.05) is 5.70 Å². The van der Waals surface area contributed by atoms with Gasteiger partial charge < -0.3 is 14.8 Å². The van der Waals surface area contributed by atoms with Gasteiger partial charge in [-0.2, -0.15) is 10.5 Å². The number of dihydropyridines is 1. The molecule has 1 N–H and O–H groups in total. The van der Waals surface area contributed by atoms with Crippen molar-refractivity contribution in [2.45, 2.75) is 26.2 Å². The Labute approximate surface area is 174 Å². The Balaban J connectivity index is 2.42. The molecule has 0 spiro atoms. The zero-order valence-electron chi connectivity index (χ0n) is 16.2. The normalized spacial score (nSPS) is 15.8. The first-order valence-electron chi connectivity index (χ1n) is 9.02. The Bertz CT molecular complexity index is 910. The molecule has 1 aromatic rings. The van der Waals surface area contributed by atoms with Crippen molar-refractivity contribution in [2.75, 3.05) is 19.0 Å². The molecule has 1 heterocycles. The molecule has 0 radical (unpaired) electrons. The number of nitriles is 2. The molecule has 0 aliphatic carbocycles. The highest BCUT2D eigenvalue weighted by atomic mass is 32.2. The first kappa shape index (κ1) is 22.1. The third kappa shape index (κ3) is 5.63. The molecule has 2 rings (SSSR count). The summed E-state index contributed by atoms with van der Waals surface area (Å²) >= 11 is 1.16. The van der Waals surface area contributed by atoms with Crippen LogP contribution in [0.25, 0.3) is 0 Å². The van der Waals surface area contributed by atoms with Gasteiger partial charge in [-0.3, -0.25) is 4.79 Å². The van der Waals surface area contributed by atoms with E-state index in [1.165, 1.54) is 0 Å². The topological polar surface area (TPSA) is 112 Å². The smallest absolute Gasteiger partial charge is 0.336 e. The number of nitrogens with one attached hydrogen (secondary N) is 1. The average molecular weight is 411 g/mol. The molecule has 1 aromatic carbocycles. The fourth-order valence-corrected chi connectivity index (χ4v) is 3.77. The summed E-state index contributed by atoms with van der Waals surface area (Å²) in [4.78, 5) is 24.5. The van der Waals surface area contributed by atoms with Crippen molar-refractivity contribution in [2.24, 2.45) is 0 Å². The van der Waals surface area contributed by atoms with Gasteiger partial charge in [0.1, 0.15) is 6.61 Å². The number of nitrogens with zero attached hydrogens (tertiary/aromatic N) is 2. The summed E-state index contributed by atoms with van der Waals surface area (Å²) in [5.74, 6) is -1.57. The predicted octanol–water partition coefficient (Wildman–Crippen LogP) is 3.14. The van der Waals surface area contributed by atoms with E-state index in [-0.39, 0.29) is 31.4 Å². The van der Waals surface area contributed by atoms with Gasteiger partial charge in [0.15, 0.2) is 0 Å². The fraction of sp³-hybridized carbons (Fsp3) is 0.333. The second-order valence-electron chi connectivity index (χ2n) is 6.00. The number of hydrogen-bond donors (Lipinski definition) is 1. The van der Waals surface area contributed by atoms with Gasteiger partial charge >= 0.3 is 11.9 Å². The maximum atomic E-state index is 12.7. The number of thioether (sulfide) groups is 1. The minimum absolute atomic E-state index is 0.0241. The van der Waals surface area contributed by atoms with Crippen LogP contribution in [0.1, 0.15) is 31.7 Å². The van der Waals surface area contributed by atoms with Crippen molar-refractivity contribution in [1.82, 2.24) is 5.32 Å². The van der Waals surface area contributed by atoms with Gasteiger partial charge in [-0.05, 0) is 19.4 Å². The van der Waals surface area contributed by atoms with Gasteiger partial charge in [0.25, 0.3) is 0 Å². The van der Waals surface area contributed by atoms with E-state index in [4.69, 9.17) is 14.7 Å². The first-order chi connectivity index (χ1) is 14.0. The van der Waals surface area contributed by atoms with E-state index in [2.05, 4.69) is 11.4 Å². The van der Waals surface area contributed by atoms with E-state index in [1.54, 1.807) is 13.8 Å². The highest BCUT2D eigenvalue weighted by molar-refractivity contribution is 8.03. The van der Waals surface area contributed by atoms with E-state index in [0.717, 1.165) is 17.3 Å². The molecule has 7 nitrogen and oxygen atoms in total. The average Bonchev–Trinajstić information content (AvgIpc) is 2.72. The number of carbonyl (C=O) groups excluding carboxylic acids is 2. The summed E-state index contributed by atoms with van der Waals surface area (Å²) in [5.41, 5.74) is 1.92.